The van der Waals surface area contributed by atoms with E-state index in [2.05, 4.69) is 12.2 Å². The molecule has 0 saturated heterocycles. The van der Waals surface area contributed by atoms with E-state index in [9.17, 15) is 14.4 Å². The number of esters is 1. The molecule has 0 atom stereocenters. The normalized spacial score (nSPS) is 10.6. The summed E-state index contributed by atoms with van der Waals surface area (Å²) < 4.78 is 15.9. The highest BCUT2D eigenvalue weighted by Gasteiger charge is 2.14. The maximum absolute atomic E-state index is 12.1. The average Bonchev–Trinajstić information content (AvgIpc) is 2.73. The Bertz CT molecular complexity index is 1100. The Kier molecular flexibility index (Phi) is 6.85. The predicted octanol–water partition coefficient (Wildman–Crippen LogP) is 3.48. The molecule has 0 aliphatic carbocycles. The monoisotopic (exact) mass is 409 g/mol. The molecule has 156 valence electrons. The summed E-state index contributed by atoms with van der Waals surface area (Å²) in [5.74, 6) is -0.297. The van der Waals surface area contributed by atoms with Gasteiger partial charge in [0.15, 0.2) is 6.61 Å². The number of carbonyl (C=O) groups is 2. The molecule has 7 nitrogen and oxygen atoms in total. The number of nitrogens with one attached hydrogen (secondary N) is 1. The van der Waals surface area contributed by atoms with Gasteiger partial charge in [-0.15, -0.1) is 0 Å². The van der Waals surface area contributed by atoms with Crippen molar-refractivity contribution in [1.82, 2.24) is 5.32 Å². The lowest BCUT2D eigenvalue weighted by Crippen LogP contribution is -2.27. The number of amides is 1. The Morgan fingerprint density at radius 1 is 1.00 bits per heavy atom. The zero-order chi connectivity index (χ0) is 21.5. The Hall–Kier alpha value is -3.61. The Morgan fingerprint density at radius 2 is 1.73 bits per heavy atom. The van der Waals surface area contributed by atoms with Crippen LogP contribution >= 0.6 is 0 Å². The van der Waals surface area contributed by atoms with Crippen molar-refractivity contribution in [3.8, 4) is 11.5 Å². The molecule has 0 spiro atoms. The second kappa shape index (κ2) is 9.73. The molecule has 3 rings (SSSR count). The Labute approximate surface area is 173 Å². The van der Waals surface area contributed by atoms with Crippen LogP contribution in [0, 0.1) is 0 Å². The lowest BCUT2D eigenvalue weighted by molar-refractivity contribution is -0.136. The van der Waals surface area contributed by atoms with Crippen molar-refractivity contribution in [2.75, 3.05) is 13.2 Å². The topological polar surface area (TPSA) is 94.8 Å². The number of benzene rings is 2. The van der Waals surface area contributed by atoms with E-state index in [1.807, 2.05) is 24.3 Å². The second-order valence-electron chi connectivity index (χ2n) is 6.66. The van der Waals surface area contributed by atoms with Crippen LogP contribution in [0.3, 0.4) is 0 Å². The summed E-state index contributed by atoms with van der Waals surface area (Å²) in [6, 6.07) is 13.6. The van der Waals surface area contributed by atoms with E-state index in [-0.39, 0.29) is 23.5 Å². The molecule has 1 aromatic heterocycles. The van der Waals surface area contributed by atoms with Crippen molar-refractivity contribution >= 4 is 22.8 Å². The molecule has 1 N–H and O–H groups in total. The highest BCUT2D eigenvalue weighted by molar-refractivity contribution is 5.96. The summed E-state index contributed by atoms with van der Waals surface area (Å²) in [6.07, 6.45) is 2.05. The number of carbonyl (C=O) groups excluding carboxylic acids is 2. The van der Waals surface area contributed by atoms with Gasteiger partial charge in [0, 0.05) is 18.0 Å². The van der Waals surface area contributed by atoms with Crippen LogP contribution in [0.5, 0.6) is 11.5 Å². The lowest BCUT2D eigenvalue weighted by atomic mass is 10.1. The van der Waals surface area contributed by atoms with Crippen molar-refractivity contribution in [2.24, 2.45) is 0 Å². The van der Waals surface area contributed by atoms with Crippen LogP contribution in [0.25, 0.3) is 11.0 Å². The molecule has 1 heterocycles. The number of aryl methyl sites for hydroxylation is 1. The van der Waals surface area contributed by atoms with Gasteiger partial charge in [-0.3, -0.25) is 4.79 Å². The van der Waals surface area contributed by atoms with Crippen LogP contribution < -0.4 is 20.4 Å². The predicted molar refractivity (Wildman–Crippen MR) is 112 cm³/mol. The van der Waals surface area contributed by atoms with Crippen molar-refractivity contribution in [3.63, 3.8) is 0 Å². The third-order valence-corrected chi connectivity index (χ3v) is 4.34. The summed E-state index contributed by atoms with van der Waals surface area (Å²) in [5.41, 5.74) is 0.588. The van der Waals surface area contributed by atoms with Gasteiger partial charge >= 0.3 is 11.6 Å². The van der Waals surface area contributed by atoms with Crippen molar-refractivity contribution < 1.29 is 23.5 Å². The molecule has 0 radical (unpaired) electrons. The standard InChI is InChI=1S/C23H23NO6/c1-3-5-15-6-9-17(10-7-15)28-14-21(25)29-18-11-8-16-12-19(22(26)24-4-2)23(27)30-20(16)13-18/h6-13H,3-5,14H2,1-2H3,(H,24,26). The van der Waals surface area contributed by atoms with Gasteiger partial charge in [0.25, 0.3) is 5.91 Å². The molecule has 3 aromatic rings. The summed E-state index contributed by atoms with van der Waals surface area (Å²) in [4.78, 5) is 36.0. The van der Waals surface area contributed by atoms with E-state index in [0.29, 0.717) is 17.7 Å². The minimum Gasteiger partial charge on any atom is -0.482 e. The molecule has 0 fully saturated rings. The van der Waals surface area contributed by atoms with Gasteiger partial charge in [-0.2, -0.15) is 0 Å². The number of ether oxygens (including phenoxy) is 2. The number of hydrogen-bond acceptors (Lipinski definition) is 6. The van der Waals surface area contributed by atoms with E-state index in [1.54, 1.807) is 19.1 Å². The SMILES string of the molecule is CCCc1ccc(OCC(=O)Oc2ccc3cc(C(=O)NCC)c(=O)oc3c2)cc1. The summed E-state index contributed by atoms with van der Waals surface area (Å²) in [5, 5.41) is 3.10. The second-order valence-corrected chi connectivity index (χ2v) is 6.66. The van der Waals surface area contributed by atoms with Gasteiger partial charge < -0.3 is 19.2 Å². The van der Waals surface area contributed by atoms with Crippen LogP contribution in [0.4, 0.5) is 0 Å². The Morgan fingerprint density at radius 3 is 2.43 bits per heavy atom. The highest BCUT2D eigenvalue weighted by Crippen LogP contribution is 2.21. The largest absolute Gasteiger partial charge is 0.482 e. The molecule has 0 aliphatic heterocycles. The van der Waals surface area contributed by atoms with Crippen LogP contribution in [0.2, 0.25) is 0 Å². The average molecular weight is 409 g/mol. The van der Waals surface area contributed by atoms with Gasteiger partial charge in [0.2, 0.25) is 0 Å². The highest BCUT2D eigenvalue weighted by atomic mass is 16.6. The Balaban J connectivity index is 1.65. The zero-order valence-electron chi connectivity index (χ0n) is 16.9. The van der Waals surface area contributed by atoms with E-state index in [0.717, 1.165) is 12.8 Å². The summed E-state index contributed by atoms with van der Waals surface area (Å²) in [6.45, 7) is 4.01. The quantitative estimate of drug-likeness (QED) is 0.348. The molecule has 1 amide bonds. The first kappa shape index (κ1) is 21.1. The number of hydrogen-bond donors (Lipinski definition) is 1. The van der Waals surface area contributed by atoms with Gasteiger partial charge in [0.05, 0.1) is 0 Å². The molecule has 7 heteroatoms. The molecule has 0 unspecified atom stereocenters. The molecular weight excluding hydrogens is 386 g/mol. The lowest BCUT2D eigenvalue weighted by Gasteiger charge is -2.08. The fraction of sp³-hybridized carbons (Fsp3) is 0.261. The van der Waals surface area contributed by atoms with Gasteiger partial charge in [0.1, 0.15) is 22.6 Å². The van der Waals surface area contributed by atoms with Crippen LogP contribution in [0.1, 0.15) is 36.2 Å². The molecule has 0 aliphatic rings. The van der Waals surface area contributed by atoms with Crippen LogP contribution in [-0.2, 0) is 11.2 Å². The van der Waals surface area contributed by atoms with E-state index in [1.165, 1.54) is 17.7 Å². The van der Waals surface area contributed by atoms with Gasteiger partial charge in [-0.1, -0.05) is 25.5 Å². The minimum absolute atomic E-state index is 0.0764. The van der Waals surface area contributed by atoms with E-state index >= 15 is 0 Å². The van der Waals surface area contributed by atoms with E-state index < -0.39 is 17.5 Å². The van der Waals surface area contributed by atoms with Crippen molar-refractivity contribution in [2.45, 2.75) is 26.7 Å². The zero-order valence-corrected chi connectivity index (χ0v) is 16.9. The van der Waals surface area contributed by atoms with E-state index in [4.69, 9.17) is 13.9 Å². The first-order valence-electron chi connectivity index (χ1n) is 9.78. The number of rotatable bonds is 8. The first-order valence-corrected chi connectivity index (χ1v) is 9.78. The fourth-order valence-corrected chi connectivity index (χ4v) is 2.91. The minimum atomic E-state index is -0.758. The maximum Gasteiger partial charge on any atom is 0.349 e. The summed E-state index contributed by atoms with van der Waals surface area (Å²) in [7, 11) is 0. The van der Waals surface area contributed by atoms with Crippen molar-refractivity contribution in [1.29, 1.82) is 0 Å². The van der Waals surface area contributed by atoms with Gasteiger partial charge in [-0.05, 0) is 49.2 Å². The molecule has 0 saturated carbocycles. The maximum atomic E-state index is 12.1. The molecular formula is C23H23NO6. The first-order chi connectivity index (χ1) is 14.5. The summed E-state index contributed by atoms with van der Waals surface area (Å²) >= 11 is 0. The van der Waals surface area contributed by atoms with Gasteiger partial charge in [-0.25, -0.2) is 9.59 Å². The van der Waals surface area contributed by atoms with Crippen LogP contribution in [-0.4, -0.2) is 25.0 Å². The van der Waals surface area contributed by atoms with Crippen molar-refractivity contribution in [3.05, 3.63) is 70.1 Å². The molecule has 30 heavy (non-hydrogen) atoms. The fourth-order valence-electron chi connectivity index (χ4n) is 2.91. The molecule has 0 bridgehead atoms. The molecule has 2 aromatic carbocycles. The third kappa shape index (κ3) is 5.26. The third-order valence-electron chi connectivity index (χ3n) is 4.34. The van der Waals surface area contributed by atoms with Crippen LogP contribution in [0.15, 0.2) is 57.7 Å². The number of fused-ring (bicyclic) bond motifs is 1. The smallest absolute Gasteiger partial charge is 0.349 e.